The molecule has 0 heterocycles. The number of fused-ring (bicyclic) bond motifs is 2. The molecule has 2 bridgehead atoms. The monoisotopic (exact) mass is 298 g/mol. The molecule has 3 unspecified atom stereocenters. The zero-order valence-corrected chi connectivity index (χ0v) is 14.5. The molecule has 2 aliphatic rings. The lowest BCUT2D eigenvalue weighted by atomic mass is 9.70. The highest BCUT2D eigenvalue weighted by atomic mass is 16.5. The van der Waals surface area contributed by atoms with Gasteiger partial charge < -0.3 is 14.2 Å². The first kappa shape index (κ1) is 17.2. The molecule has 2 rings (SSSR count). The van der Waals surface area contributed by atoms with Crippen LogP contribution in [0.5, 0.6) is 0 Å². The van der Waals surface area contributed by atoms with Crippen LogP contribution in [0.25, 0.3) is 0 Å². The molecule has 2 aliphatic carbocycles. The zero-order valence-electron chi connectivity index (χ0n) is 14.5. The summed E-state index contributed by atoms with van der Waals surface area (Å²) >= 11 is 0. The summed E-state index contributed by atoms with van der Waals surface area (Å²) in [4.78, 5) is 0. The summed E-state index contributed by atoms with van der Waals surface area (Å²) in [5, 5.41) is 0. The molecule has 0 N–H and O–H groups in total. The van der Waals surface area contributed by atoms with Crippen molar-refractivity contribution in [3.63, 3.8) is 0 Å². The Morgan fingerprint density at radius 2 is 1.62 bits per heavy atom. The number of ether oxygens (including phenoxy) is 3. The lowest BCUT2D eigenvalue weighted by Gasteiger charge is -2.38. The SMILES string of the molecule is CCCCOCCOCCOC1CC2CCC1(C)C2(C)C. The third-order valence-electron chi connectivity index (χ3n) is 6.27. The molecule has 0 aliphatic heterocycles. The fraction of sp³-hybridized carbons (Fsp3) is 1.00. The third kappa shape index (κ3) is 3.62. The molecule has 2 saturated carbocycles. The molecule has 3 atom stereocenters. The first-order valence-electron chi connectivity index (χ1n) is 8.79. The van der Waals surface area contributed by atoms with Crippen LogP contribution in [0.1, 0.15) is 59.8 Å². The van der Waals surface area contributed by atoms with Gasteiger partial charge in [-0.25, -0.2) is 0 Å². The predicted octanol–water partition coefficient (Wildman–Crippen LogP) is 4.05. The number of hydrogen-bond donors (Lipinski definition) is 0. The Labute approximate surface area is 130 Å². The lowest BCUT2D eigenvalue weighted by Crippen LogP contribution is -2.37. The minimum Gasteiger partial charge on any atom is -0.379 e. The minimum atomic E-state index is 0.362. The highest BCUT2D eigenvalue weighted by molar-refractivity contribution is 5.11. The van der Waals surface area contributed by atoms with E-state index in [0.717, 1.165) is 25.6 Å². The zero-order chi connectivity index (χ0) is 15.3. The minimum absolute atomic E-state index is 0.362. The van der Waals surface area contributed by atoms with Crippen LogP contribution in [0.15, 0.2) is 0 Å². The van der Waals surface area contributed by atoms with Crippen LogP contribution < -0.4 is 0 Å². The van der Waals surface area contributed by atoms with Gasteiger partial charge in [-0.2, -0.15) is 0 Å². The van der Waals surface area contributed by atoms with Crippen molar-refractivity contribution in [3.05, 3.63) is 0 Å². The molecule has 0 aromatic heterocycles. The van der Waals surface area contributed by atoms with Gasteiger partial charge in [0.2, 0.25) is 0 Å². The van der Waals surface area contributed by atoms with Gasteiger partial charge in [0.15, 0.2) is 0 Å². The summed E-state index contributed by atoms with van der Waals surface area (Å²) in [5.74, 6) is 0.848. The average molecular weight is 298 g/mol. The molecule has 0 spiro atoms. The number of unbranched alkanes of at least 4 members (excludes halogenated alkanes) is 1. The summed E-state index contributed by atoms with van der Waals surface area (Å²) in [7, 11) is 0. The summed E-state index contributed by atoms with van der Waals surface area (Å²) in [6, 6.07) is 0. The second kappa shape index (κ2) is 7.43. The molecular weight excluding hydrogens is 264 g/mol. The number of hydrogen-bond acceptors (Lipinski definition) is 3. The van der Waals surface area contributed by atoms with Crippen molar-refractivity contribution in [3.8, 4) is 0 Å². The molecular formula is C18H34O3. The highest BCUT2D eigenvalue weighted by Crippen LogP contribution is 2.66. The Morgan fingerprint density at radius 1 is 0.952 bits per heavy atom. The smallest absolute Gasteiger partial charge is 0.0704 e. The molecule has 0 saturated heterocycles. The van der Waals surface area contributed by atoms with E-state index < -0.39 is 0 Å². The van der Waals surface area contributed by atoms with Crippen LogP contribution in [-0.4, -0.2) is 39.1 Å². The Morgan fingerprint density at radius 3 is 2.19 bits per heavy atom. The first-order valence-corrected chi connectivity index (χ1v) is 8.79. The van der Waals surface area contributed by atoms with E-state index in [4.69, 9.17) is 14.2 Å². The largest absolute Gasteiger partial charge is 0.379 e. The Balaban J connectivity index is 1.54. The normalized spacial score (nSPS) is 33.7. The van der Waals surface area contributed by atoms with Crippen molar-refractivity contribution >= 4 is 0 Å². The van der Waals surface area contributed by atoms with E-state index in [9.17, 15) is 0 Å². The number of rotatable bonds is 10. The van der Waals surface area contributed by atoms with E-state index in [1.165, 1.54) is 25.7 Å². The lowest BCUT2D eigenvalue weighted by molar-refractivity contribution is -0.0680. The van der Waals surface area contributed by atoms with Crippen LogP contribution in [0.4, 0.5) is 0 Å². The molecule has 0 amide bonds. The van der Waals surface area contributed by atoms with Gasteiger partial charge in [-0.15, -0.1) is 0 Å². The van der Waals surface area contributed by atoms with E-state index in [1.54, 1.807) is 0 Å². The van der Waals surface area contributed by atoms with Gasteiger partial charge in [0, 0.05) is 6.61 Å². The van der Waals surface area contributed by atoms with E-state index in [0.29, 0.717) is 36.8 Å². The van der Waals surface area contributed by atoms with Gasteiger partial charge in [0.1, 0.15) is 0 Å². The van der Waals surface area contributed by atoms with E-state index >= 15 is 0 Å². The maximum Gasteiger partial charge on any atom is 0.0704 e. The molecule has 0 aromatic carbocycles. The predicted molar refractivity (Wildman–Crippen MR) is 85.5 cm³/mol. The van der Waals surface area contributed by atoms with Gasteiger partial charge in [0.25, 0.3) is 0 Å². The molecule has 2 fully saturated rings. The second-order valence-corrected chi connectivity index (χ2v) is 7.55. The average Bonchev–Trinajstić information content (AvgIpc) is 2.78. The Hall–Kier alpha value is -0.120. The van der Waals surface area contributed by atoms with E-state index in [2.05, 4.69) is 27.7 Å². The van der Waals surface area contributed by atoms with Crippen LogP contribution in [0.2, 0.25) is 0 Å². The maximum absolute atomic E-state index is 6.15. The maximum atomic E-state index is 6.15. The summed E-state index contributed by atoms with van der Waals surface area (Å²) in [6.45, 7) is 13.1. The fourth-order valence-electron chi connectivity index (χ4n) is 4.20. The molecule has 124 valence electrons. The summed E-state index contributed by atoms with van der Waals surface area (Å²) < 4.78 is 17.2. The van der Waals surface area contributed by atoms with Gasteiger partial charge in [-0.3, -0.25) is 0 Å². The topological polar surface area (TPSA) is 27.7 Å². The van der Waals surface area contributed by atoms with Crippen molar-refractivity contribution in [2.45, 2.75) is 65.9 Å². The van der Waals surface area contributed by atoms with Crippen LogP contribution in [0.3, 0.4) is 0 Å². The fourth-order valence-corrected chi connectivity index (χ4v) is 4.20. The van der Waals surface area contributed by atoms with Crippen molar-refractivity contribution < 1.29 is 14.2 Å². The van der Waals surface area contributed by atoms with Crippen LogP contribution in [-0.2, 0) is 14.2 Å². The molecule has 21 heavy (non-hydrogen) atoms. The van der Waals surface area contributed by atoms with Crippen molar-refractivity contribution in [2.75, 3.05) is 33.0 Å². The summed E-state index contributed by atoms with van der Waals surface area (Å²) in [6.07, 6.45) is 6.70. The first-order chi connectivity index (χ1) is 10.0. The molecule has 3 nitrogen and oxygen atoms in total. The quantitative estimate of drug-likeness (QED) is 0.569. The van der Waals surface area contributed by atoms with Crippen LogP contribution >= 0.6 is 0 Å². The third-order valence-corrected chi connectivity index (χ3v) is 6.27. The molecule has 0 radical (unpaired) electrons. The van der Waals surface area contributed by atoms with E-state index in [1.807, 2.05) is 0 Å². The van der Waals surface area contributed by atoms with Crippen molar-refractivity contribution in [1.29, 1.82) is 0 Å². The standard InChI is InChI=1S/C18H34O3/c1-5-6-9-19-10-11-20-12-13-21-16-14-15-7-8-18(16,4)17(15,2)3/h15-16H,5-14H2,1-4H3. The van der Waals surface area contributed by atoms with Gasteiger partial charge in [-0.05, 0) is 42.4 Å². The van der Waals surface area contributed by atoms with Crippen molar-refractivity contribution in [2.24, 2.45) is 16.7 Å². The second-order valence-electron chi connectivity index (χ2n) is 7.55. The van der Waals surface area contributed by atoms with Crippen LogP contribution in [0, 0.1) is 16.7 Å². The van der Waals surface area contributed by atoms with Crippen molar-refractivity contribution in [1.82, 2.24) is 0 Å². The Bertz CT molecular complexity index is 316. The summed E-state index contributed by atoms with van der Waals surface area (Å²) in [5.41, 5.74) is 0.798. The Kier molecular flexibility index (Phi) is 6.10. The molecule has 3 heteroatoms. The highest BCUT2D eigenvalue weighted by Gasteiger charge is 2.61. The van der Waals surface area contributed by atoms with E-state index in [-0.39, 0.29) is 0 Å². The van der Waals surface area contributed by atoms with Gasteiger partial charge in [0.05, 0.1) is 32.5 Å². The van der Waals surface area contributed by atoms with Gasteiger partial charge in [-0.1, -0.05) is 34.1 Å². The van der Waals surface area contributed by atoms with Gasteiger partial charge >= 0.3 is 0 Å². The molecule has 0 aromatic rings.